The fraction of sp³-hybridized carbons (Fsp3) is 0.556. The Morgan fingerprint density at radius 1 is 1.06 bits per heavy atom. The molecule has 0 aliphatic carbocycles. The van der Waals surface area contributed by atoms with Gasteiger partial charge in [0.1, 0.15) is 0 Å². The van der Waals surface area contributed by atoms with Crippen LogP contribution in [0.2, 0.25) is 0 Å². The van der Waals surface area contributed by atoms with Gasteiger partial charge in [-0.05, 0) is 6.92 Å². The third kappa shape index (κ3) is 5.43. The van der Waals surface area contributed by atoms with Crippen molar-refractivity contribution in [1.82, 2.24) is 0 Å². The average Bonchev–Trinajstić information content (AvgIpc) is 2.16. The van der Waals surface area contributed by atoms with Crippen molar-refractivity contribution in [2.24, 2.45) is 5.92 Å². The van der Waals surface area contributed by atoms with Crippen LogP contribution in [0.3, 0.4) is 0 Å². The van der Waals surface area contributed by atoms with Crippen LogP contribution in [0.4, 0.5) is 0 Å². The molecule has 0 radical (unpaired) electrons. The van der Waals surface area contributed by atoms with Crippen molar-refractivity contribution >= 4 is 19.7 Å². The summed E-state index contributed by atoms with van der Waals surface area (Å²) in [6, 6.07) is 0. The first-order chi connectivity index (χ1) is 7.13. The molecule has 0 rings (SSSR count). The molecule has 7 heteroatoms. The minimum absolute atomic E-state index is 0.443. The molecule has 16 heavy (non-hydrogen) atoms. The van der Waals surface area contributed by atoms with Gasteiger partial charge in [-0.2, -0.15) is 0 Å². The molecular formula is C9H16O5S2. The summed E-state index contributed by atoms with van der Waals surface area (Å²) in [6.07, 6.45) is -1.04. The highest BCUT2D eigenvalue weighted by Gasteiger charge is 2.25. The Hall–Kier alpha value is -0.660. The second-order valence-electron chi connectivity index (χ2n) is 3.49. The molecule has 0 heterocycles. The molecular weight excluding hydrogens is 252 g/mol. The van der Waals surface area contributed by atoms with Crippen LogP contribution in [0.25, 0.3) is 0 Å². The maximum atomic E-state index is 11.2. The third-order valence-corrected chi connectivity index (χ3v) is 4.88. The Morgan fingerprint density at radius 3 is 1.56 bits per heavy atom. The molecule has 1 unspecified atom stereocenters. The van der Waals surface area contributed by atoms with Gasteiger partial charge in [-0.25, -0.2) is 16.8 Å². The van der Waals surface area contributed by atoms with Gasteiger partial charge in [0, 0.05) is 16.7 Å². The van der Waals surface area contributed by atoms with Gasteiger partial charge in [0.05, 0.1) is 17.6 Å². The summed E-state index contributed by atoms with van der Waals surface area (Å²) in [4.78, 5) is 0. The molecule has 0 saturated heterocycles. The van der Waals surface area contributed by atoms with Crippen molar-refractivity contribution in [3.8, 4) is 0 Å². The van der Waals surface area contributed by atoms with Gasteiger partial charge in [0.2, 0.25) is 0 Å². The van der Waals surface area contributed by atoms with E-state index in [1.807, 2.05) is 0 Å². The van der Waals surface area contributed by atoms with Gasteiger partial charge in [-0.1, -0.05) is 13.2 Å². The molecule has 0 aromatic carbocycles. The Bertz CT molecular complexity index is 404. The maximum absolute atomic E-state index is 11.2. The van der Waals surface area contributed by atoms with Crippen LogP contribution >= 0.6 is 0 Å². The summed E-state index contributed by atoms with van der Waals surface area (Å²) in [7, 11) is -7.08. The van der Waals surface area contributed by atoms with Crippen molar-refractivity contribution in [3.63, 3.8) is 0 Å². The van der Waals surface area contributed by atoms with Crippen molar-refractivity contribution in [3.05, 3.63) is 24.0 Å². The molecule has 1 atom stereocenters. The van der Waals surface area contributed by atoms with E-state index < -0.39 is 43.2 Å². The van der Waals surface area contributed by atoms with Gasteiger partial charge >= 0.3 is 0 Å². The van der Waals surface area contributed by atoms with Crippen LogP contribution in [0.5, 0.6) is 0 Å². The highest BCUT2D eigenvalue weighted by Crippen LogP contribution is 2.12. The second-order valence-corrected chi connectivity index (χ2v) is 7.48. The first-order valence-electron chi connectivity index (χ1n) is 4.52. The number of aliphatic hydroxyl groups excluding tert-OH is 1. The zero-order valence-electron chi connectivity index (χ0n) is 9.03. The lowest BCUT2D eigenvalue weighted by Gasteiger charge is -2.17. The van der Waals surface area contributed by atoms with Crippen molar-refractivity contribution in [1.29, 1.82) is 0 Å². The van der Waals surface area contributed by atoms with Gasteiger partial charge < -0.3 is 5.11 Å². The largest absolute Gasteiger partial charge is 0.393 e. The lowest BCUT2D eigenvalue weighted by atomic mass is 10.1. The van der Waals surface area contributed by atoms with Crippen LogP contribution in [0.15, 0.2) is 24.0 Å². The Labute approximate surface area is 96.3 Å². The molecule has 94 valence electrons. The Kier molecular flexibility index (Phi) is 5.37. The van der Waals surface area contributed by atoms with Crippen LogP contribution < -0.4 is 0 Å². The lowest BCUT2D eigenvalue weighted by Crippen LogP contribution is -2.30. The van der Waals surface area contributed by atoms with E-state index in [2.05, 4.69) is 13.2 Å². The van der Waals surface area contributed by atoms with E-state index in [0.29, 0.717) is 0 Å². The van der Waals surface area contributed by atoms with Crippen LogP contribution in [-0.2, 0) is 19.7 Å². The SMILES string of the molecule is C=CS(=O)(=O)CC(CS(=O)(=O)C=C)C(C)O. The lowest BCUT2D eigenvalue weighted by molar-refractivity contribution is 0.147. The quantitative estimate of drug-likeness (QED) is 0.707. The first-order valence-corrected chi connectivity index (χ1v) is 7.95. The molecule has 0 aliphatic rings. The smallest absolute Gasteiger partial charge is 0.171 e. The predicted octanol–water partition coefficient (Wildman–Crippen LogP) is 0.100. The molecule has 0 bridgehead atoms. The summed E-state index contributed by atoms with van der Waals surface area (Å²) < 4.78 is 45.0. The van der Waals surface area contributed by atoms with Crippen LogP contribution in [0, 0.1) is 5.92 Å². The average molecular weight is 268 g/mol. The predicted molar refractivity (Wildman–Crippen MR) is 63.1 cm³/mol. The highest BCUT2D eigenvalue weighted by atomic mass is 32.2. The van der Waals surface area contributed by atoms with Gasteiger partial charge in [-0.15, -0.1) is 0 Å². The molecule has 0 fully saturated rings. The van der Waals surface area contributed by atoms with E-state index in [4.69, 9.17) is 0 Å². The van der Waals surface area contributed by atoms with E-state index >= 15 is 0 Å². The number of aliphatic hydroxyl groups is 1. The summed E-state index contributed by atoms with van der Waals surface area (Å²) in [5.41, 5.74) is 0. The summed E-state index contributed by atoms with van der Waals surface area (Å²) in [6.45, 7) is 7.59. The summed E-state index contributed by atoms with van der Waals surface area (Å²) in [5, 5.41) is 10.8. The molecule has 5 nitrogen and oxygen atoms in total. The van der Waals surface area contributed by atoms with Gasteiger partial charge in [0.15, 0.2) is 19.7 Å². The second kappa shape index (κ2) is 5.60. The Morgan fingerprint density at radius 2 is 1.38 bits per heavy atom. The minimum atomic E-state index is -3.54. The van der Waals surface area contributed by atoms with Gasteiger partial charge in [0.25, 0.3) is 0 Å². The normalized spacial score (nSPS) is 14.7. The fourth-order valence-electron chi connectivity index (χ4n) is 1.06. The molecule has 0 aromatic heterocycles. The number of sulfone groups is 2. The van der Waals surface area contributed by atoms with Crippen LogP contribution in [-0.4, -0.2) is 39.6 Å². The van der Waals surface area contributed by atoms with Crippen LogP contribution in [0.1, 0.15) is 6.92 Å². The number of hydrogen-bond acceptors (Lipinski definition) is 5. The standard InChI is InChI=1S/C9H16O5S2/c1-4-15(11,12)6-9(8(3)10)7-16(13,14)5-2/h4-5,8-10H,1-2,6-7H2,3H3. The zero-order chi connectivity index (χ0) is 13.0. The van der Waals surface area contributed by atoms with E-state index in [-0.39, 0.29) is 0 Å². The summed E-state index contributed by atoms with van der Waals surface area (Å²) >= 11 is 0. The topological polar surface area (TPSA) is 88.5 Å². The van der Waals surface area contributed by atoms with E-state index in [0.717, 1.165) is 10.8 Å². The molecule has 1 N–H and O–H groups in total. The third-order valence-electron chi connectivity index (χ3n) is 2.08. The van der Waals surface area contributed by atoms with Crippen molar-refractivity contribution in [2.45, 2.75) is 13.0 Å². The maximum Gasteiger partial charge on any atom is 0.171 e. The number of rotatable bonds is 7. The molecule has 0 aromatic rings. The molecule has 0 aliphatic heterocycles. The van der Waals surface area contributed by atoms with Crippen molar-refractivity contribution in [2.75, 3.05) is 11.5 Å². The van der Waals surface area contributed by atoms with Gasteiger partial charge in [-0.3, -0.25) is 0 Å². The highest BCUT2D eigenvalue weighted by molar-refractivity contribution is 7.95. The number of hydrogen-bond donors (Lipinski definition) is 1. The van der Waals surface area contributed by atoms with E-state index in [1.54, 1.807) is 0 Å². The van der Waals surface area contributed by atoms with E-state index in [1.165, 1.54) is 6.92 Å². The molecule has 0 saturated carbocycles. The van der Waals surface area contributed by atoms with E-state index in [9.17, 15) is 21.9 Å². The fourth-order valence-corrected chi connectivity index (χ4v) is 3.47. The molecule has 0 amide bonds. The minimum Gasteiger partial charge on any atom is -0.393 e. The Balaban J connectivity index is 4.93. The monoisotopic (exact) mass is 268 g/mol. The zero-order valence-corrected chi connectivity index (χ0v) is 10.7. The first kappa shape index (κ1) is 15.3. The molecule has 0 spiro atoms. The summed E-state index contributed by atoms with van der Waals surface area (Å²) in [5.74, 6) is -1.77. The van der Waals surface area contributed by atoms with Crippen molar-refractivity contribution < 1.29 is 21.9 Å².